The molecule has 0 spiro atoms. The number of aromatic nitrogens is 3. The third-order valence-corrected chi connectivity index (χ3v) is 6.61. The predicted octanol–water partition coefficient (Wildman–Crippen LogP) is 3.66. The van der Waals surface area contributed by atoms with E-state index in [2.05, 4.69) is 30.5 Å². The van der Waals surface area contributed by atoms with E-state index in [-0.39, 0.29) is 16.5 Å². The summed E-state index contributed by atoms with van der Waals surface area (Å²) in [6.45, 7) is 3.78. The highest BCUT2D eigenvalue weighted by Gasteiger charge is 2.25. The Morgan fingerprint density at radius 1 is 1.00 bits per heavy atom. The molecule has 13 heteroatoms. The highest BCUT2D eigenvalue weighted by molar-refractivity contribution is 7.89. The first-order valence-corrected chi connectivity index (χ1v) is 11.5. The van der Waals surface area contributed by atoms with Crippen LogP contribution in [0.25, 0.3) is 10.2 Å². The summed E-state index contributed by atoms with van der Waals surface area (Å²) < 4.78 is 25.9. The van der Waals surface area contributed by atoms with Crippen LogP contribution in [-0.2, 0) is 10.0 Å². The van der Waals surface area contributed by atoms with Crippen LogP contribution in [0.1, 0.15) is 11.1 Å². The first-order valence-electron chi connectivity index (χ1n) is 9.21. The Morgan fingerprint density at radius 2 is 1.69 bits per heavy atom. The minimum absolute atomic E-state index is 0.00423. The van der Waals surface area contributed by atoms with Crippen LogP contribution in [0.4, 0.5) is 22.5 Å². The van der Waals surface area contributed by atoms with Gasteiger partial charge in [0.2, 0.25) is 11.6 Å². The summed E-state index contributed by atoms with van der Waals surface area (Å²) in [7, 11) is -3.99. The lowest BCUT2D eigenvalue weighted by molar-refractivity contribution is -0.383. The molecule has 0 aliphatic heterocycles. The molecular weight excluding hydrogens is 454 g/mol. The molecule has 4 rings (SSSR count). The molecule has 0 aliphatic rings. The molecule has 0 radical (unpaired) electrons. The maximum Gasteiger partial charge on any atom is 0.355 e. The molecule has 0 saturated carbocycles. The molecule has 11 nitrogen and oxygen atoms in total. The Hall–Kier alpha value is -3.68. The summed E-state index contributed by atoms with van der Waals surface area (Å²) in [5, 5.41) is 15.0. The maximum atomic E-state index is 12.5. The number of sulfonamides is 1. The van der Waals surface area contributed by atoms with Gasteiger partial charge in [0, 0.05) is 0 Å². The fourth-order valence-electron chi connectivity index (χ4n) is 2.81. The molecule has 0 atom stereocenters. The number of thiazole rings is 1. The number of nitrogens with one attached hydrogen (secondary N) is 3. The van der Waals surface area contributed by atoms with Gasteiger partial charge in [-0.2, -0.15) is 0 Å². The zero-order valence-corrected chi connectivity index (χ0v) is 18.5. The molecule has 0 unspecified atom stereocenters. The molecule has 2 heterocycles. The molecule has 0 bridgehead atoms. The Bertz CT molecular complexity index is 1420. The molecule has 164 valence electrons. The molecule has 0 amide bonds. The highest BCUT2D eigenvalue weighted by atomic mass is 32.2. The molecule has 0 aliphatic carbocycles. The van der Waals surface area contributed by atoms with Crippen LogP contribution < -0.4 is 15.6 Å². The number of aryl methyl sites for hydroxylation is 2. The van der Waals surface area contributed by atoms with E-state index in [1.165, 1.54) is 23.5 Å². The number of rotatable bonds is 7. The van der Waals surface area contributed by atoms with Crippen molar-refractivity contribution in [3.8, 4) is 0 Å². The maximum absolute atomic E-state index is 12.5. The number of benzene rings is 2. The van der Waals surface area contributed by atoms with Gasteiger partial charge in [0.1, 0.15) is 6.33 Å². The molecule has 2 aromatic heterocycles. The van der Waals surface area contributed by atoms with Gasteiger partial charge >= 0.3 is 5.69 Å². The second-order valence-corrected chi connectivity index (χ2v) is 9.55. The largest absolute Gasteiger partial charge is 0.355 e. The van der Waals surface area contributed by atoms with Gasteiger partial charge < -0.3 is 5.32 Å². The van der Waals surface area contributed by atoms with Crippen LogP contribution in [0, 0.1) is 24.0 Å². The average molecular weight is 472 g/mol. The lowest BCUT2D eigenvalue weighted by atomic mass is 10.2. The Labute approximate surface area is 186 Å². The molecule has 3 N–H and O–H groups in total. The molecule has 32 heavy (non-hydrogen) atoms. The van der Waals surface area contributed by atoms with Crippen molar-refractivity contribution >= 4 is 54.0 Å². The van der Waals surface area contributed by atoms with Crippen LogP contribution in [0.5, 0.6) is 0 Å². The first-order chi connectivity index (χ1) is 15.2. The van der Waals surface area contributed by atoms with Crippen molar-refractivity contribution in [3.63, 3.8) is 0 Å². The number of hydrogen-bond acceptors (Lipinski definition) is 10. The Kier molecular flexibility index (Phi) is 5.69. The number of hydrazine groups is 1. The molecular formula is C19H17N7O4S2. The number of nitro groups is 1. The number of anilines is 3. The van der Waals surface area contributed by atoms with Crippen molar-refractivity contribution in [3.05, 3.63) is 70.0 Å². The van der Waals surface area contributed by atoms with Crippen LogP contribution in [-0.4, -0.2) is 28.3 Å². The summed E-state index contributed by atoms with van der Waals surface area (Å²) in [6.07, 6.45) is 1.08. The summed E-state index contributed by atoms with van der Waals surface area (Å²) in [5.74, 6) is -0.446. The SMILES string of the molecule is Cc1ccc(S(=O)(=O)NNc2ncnc(Nc3nc4ccc(C)cc4s3)c2[N+](=O)[O-])cc1. The van der Waals surface area contributed by atoms with Gasteiger partial charge in [-0.1, -0.05) is 35.1 Å². The second-order valence-electron chi connectivity index (χ2n) is 6.84. The van der Waals surface area contributed by atoms with Crippen molar-refractivity contribution in [1.82, 2.24) is 19.8 Å². The summed E-state index contributed by atoms with van der Waals surface area (Å²) in [5.41, 5.74) is 4.48. The topological polar surface area (TPSA) is 152 Å². The fraction of sp³-hybridized carbons (Fsp3) is 0.105. The van der Waals surface area contributed by atoms with E-state index in [1.807, 2.05) is 32.0 Å². The van der Waals surface area contributed by atoms with E-state index >= 15 is 0 Å². The fourth-order valence-corrected chi connectivity index (χ4v) is 4.62. The molecule has 0 fully saturated rings. The summed E-state index contributed by atoms with van der Waals surface area (Å²) in [6, 6.07) is 11.9. The molecule has 0 saturated heterocycles. The van der Waals surface area contributed by atoms with Crippen LogP contribution in [0.3, 0.4) is 0 Å². The van der Waals surface area contributed by atoms with E-state index in [4.69, 9.17) is 0 Å². The third kappa shape index (κ3) is 4.49. The summed E-state index contributed by atoms with van der Waals surface area (Å²) >= 11 is 1.31. The summed E-state index contributed by atoms with van der Waals surface area (Å²) in [4.78, 5) is 25.3. The molecule has 4 aromatic rings. The van der Waals surface area contributed by atoms with Crippen molar-refractivity contribution in [2.24, 2.45) is 0 Å². The van der Waals surface area contributed by atoms with Gasteiger partial charge in [0.15, 0.2) is 5.13 Å². The Morgan fingerprint density at radius 3 is 2.41 bits per heavy atom. The lowest BCUT2D eigenvalue weighted by Gasteiger charge is -2.10. The van der Waals surface area contributed by atoms with Gasteiger partial charge in [-0.05, 0) is 43.7 Å². The standard InChI is InChI=1S/C19H17N7O4S2/c1-11-3-6-13(7-4-11)32(29,30)25-24-18-16(26(27)28)17(20-10-21-18)23-19-22-14-8-5-12(2)9-15(14)31-19/h3-10,25H,1-2H3,(H2,20,21,22,23,24). The van der Waals surface area contributed by atoms with Crippen molar-refractivity contribution in [2.75, 3.05) is 10.7 Å². The molecule has 2 aromatic carbocycles. The van der Waals surface area contributed by atoms with Gasteiger partial charge in [-0.3, -0.25) is 15.5 Å². The van der Waals surface area contributed by atoms with Crippen molar-refractivity contribution < 1.29 is 13.3 Å². The second kappa shape index (κ2) is 8.45. The quantitative estimate of drug-likeness (QED) is 0.271. The minimum atomic E-state index is -3.99. The monoisotopic (exact) mass is 471 g/mol. The third-order valence-electron chi connectivity index (χ3n) is 4.41. The van der Waals surface area contributed by atoms with Gasteiger partial charge in [0.05, 0.1) is 20.0 Å². The van der Waals surface area contributed by atoms with E-state index in [0.717, 1.165) is 27.7 Å². The Balaban J connectivity index is 1.61. The first kappa shape index (κ1) is 21.5. The van der Waals surface area contributed by atoms with E-state index in [9.17, 15) is 18.5 Å². The lowest BCUT2D eigenvalue weighted by Crippen LogP contribution is -2.30. The van der Waals surface area contributed by atoms with E-state index in [1.54, 1.807) is 12.1 Å². The zero-order chi connectivity index (χ0) is 22.9. The van der Waals surface area contributed by atoms with Crippen molar-refractivity contribution in [1.29, 1.82) is 0 Å². The van der Waals surface area contributed by atoms with Crippen LogP contribution >= 0.6 is 11.3 Å². The van der Waals surface area contributed by atoms with Gasteiger partial charge in [0.25, 0.3) is 10.0 Å². The number of hydrogen-bond donors (Lipinski definition) is 3. The van der Waals surface area contributed by atoms with Crippen molar-refractivity contribution in [2.45, 2.75) is 18.7 Å². The number of nitrogens with zero attached hydrogens (tertiary/aromatic N) is 4. The normalized spacial score (nSPS) is 11.4. The zero-order valence-electron chi connectivity index (χ0n) is 16.9. The smallest absolute Gasteiger partial charge is 0.310 e. The van der Waals surface area contributed by atoms with Gasteiger partial charge in [-0.25, -0.2) is 23.4 Å². The predicted molar refractivity (Wildman–Crippen MR) is 121 cm³/mol. The average Bonchev–Trinajstić information content (AvgIpc) is 3.13. The van der Waals surface area contributed by atoms with E-state index in [0.29, 0.717) is 5.13 Å². The van der Waals surface area contributed by atoms with Gasteiger partial charge in [-0.15, -0.1) is 4.83 Å². The minimum Gasteiger partial charge on any atom is -0.310 e. The number of fused-ring (bicyclic) bond motifs is 1. The van der Waals surface area contributed by atoms with Crippen LogP contribution in [0.15, 0.2) is 53.7 Å². The highest BCUT2D eigenvalue weighted by Crippen LogP contribution is 2.34. The van der Waals surface area contributed by atoms with Crippen LogP contribution in [0.2, 0.25) is 0 Å². The van der Waals surface area contributed by atoms with E-state index < -0.39 is 20.6 Å².